The zero-order valence-corrected chi connectivity index (χ0v) is 7.58. The molecule has 1 aliphatic heterocycles. The molecule has 1 saturated heterocycles. The molecule has 0 amide bonds. The molecular weight excluding hydrogens is 156 g/mol. The molecule has 70 valence electrons. The molecule has 1 aliphatic rings. The summed E-state index contributed by atoms with van der Waals surface area (Å²) in [6.45, 7) is 3.84. The number of hydrogen-bond acceptors (Lipinski definition) is 3. The van der Waals surface area contributed by atoms with Crippen LogP contribution in [0.5, 0.6) is 0 Å². The molecule has 12 heavy (non-hydrogen) atoms. The first-order valence-electron chi connectivity index (χ1n) is 4.25. The maximum atomic E-state index is 10.4. The largest absolute Gasteiger partial charge is 0.481 e. The van der Waals surface area contributed by atoms with Gasteiger partial charge in [-0.05, 0) is 14.0 Å². The Hall–Kier alpha value is -0.610. The number of piperazine rings is 1. The van der Waals surface area contributed by atoms with Crippen LogP contribution in [-0.2, 0) is 4.79 Å². The minimum atomic E-state index is -0.726. The Labute approximate surface area is 72.6 Å². The summed E-state index contributed by atoms with van der Waals surface area (Å²) in [6, 6.07) is 0.624. The van der Waals surface area contributed by atoms with Crippen molar-refractivity contribution in [2.45, 2.75) is 25.4 Å². The van der Waals surface area contributed by atoms with E-state index in [0.29, 0.717) is 6.04 Å². The molecule has 0 unspecified atom stereocenters. The van der Waals surface area contributed by atoms with Gasteiger partial charge in [0.15, 0.2) is 0 Å². The summed E-state index contributed by atoms with van der Waals surface area (Å²) >= 11 is 0. The maximum Gasteiger partial charge on any atom is 0.304 e. The second-order valence-electron chi connectivity index (χ2n) is 3.49. The molecular formula is C8H16N2O2. The molecule has 2 N–H and O–H groups in total. The van der Waals surface area contributed by atoms with Crippen molar-refractivity contribution in [1.82, 2.24) is 10.2 Å². The summed E-state index contributed by atoms with van der Waals surface area (Å²) < 4.78 is 0. The number of carbonyl (C=O) groups is 1. The van der Waals surface area contributed by atoms with Crippen LogP contribution < -0.4 is 5.32 Å². The minimum Gasteiger partial charge on any atom is -0.481 e. The minimum absolute atomic E-state index is 0.115. The van der Waals surface area contributed by atoms with E-state index in [1.54, 1.807) is 0 Å². The van der Waals surface area contributed by atoms with Crippen LogP contribution in [0.4, 0.5) is 0 Å². The predicted molar refractivity (Wildman–Crippen MR) is 46.1 cm³/mol. The Morgan fingerprint density at radius 2 is 2.42 bits per heavy atom. The molecule has 4 heteroatoms. The molecule has 0 aromatic carbocycles. The lowest BCUT2D eigenvalue weighted by Crippen LogP contribution is -2.54. The van der Waals surface area contributed by atoms with Gasteiger partial charge in [-0.25, -0.2) is 0 Å². The molecule has 0 saturated carbocycles. The third kappa shape index (κ3) is 2.46. The van der Waals surface area contributed by atoms with Gasteiger partial charge in [-0.2, -0.15) is 0 Å². The second kappa shape index (κ2) is 3.87. The van der Waals surface area contributed by atoms with Gasteiger partial charge >= 0.3 is 5.97 Å². The van der Waals surface area contributed by atoms with Gasteiger partial charge < -0.3 is 15.3 Å². The molecule has 0 spiro atoms. The quantitative estimate of drug-likeness (QED) is 0.603. The summed E-state index contributed by atoms with van der Waals surface area (Å²) in [7, 11) is 2.03. The second-order valence-corrected chi connectivity index (χ2v) is 3.49. The highest BCUT2D eigenvalue weighted by molar-refractivity contribution is 5.67. The first-order chi connectivity index (χ1) is 5.59. The number of hydrogen-bond donors (Lipinski definition) is 2. The summed E-state index contributed by atoms with van der Waals surface area (Å²) in [5.74, 6) is -0.726. The van der Waals surface area contributed by atoms with Crippen molar-refractivity contribution in [2.24, 2.45) is 0 Å². The summed E-state index contributed by atoms with van der Waals surface area (Å²) in [5.41, 5.74) is 0. The van der Waals surface area contributed by atoms with Crippen molar-refractivity contribution in [2.75, 3.05) is 20.1 Å². The molecule has 0 aromatic rings. The molecule has 0 radical (unpaired) electrons. The summed E-state index contributed by atoms with van der Waals surface area (Å²) in [5, 5.41) is 11.8. The number of carboxylic acid groups (broad SMARTS) is 1. The molecule has 0 aromatic heterocycles. The number of nitrogens with one attached hydrogen (secondary N) is 1. The molecule has 1 fully saturated rings. The van der Waals surface area contributed by atoms with Crippen LogP contribution in [0.3, 0.4) is 0 Å². The van der Waals surface area contributed by atoms with Crippen LogP contribution in [0.2, 0.25) is 0 Å². The van der Waals surface area contributed by atoms with Crippen LogP contribution >= 0.6 is 0 Å². The standard InChI is InChI=1S/C8H16N2O2/c1-6-4-9-7(3-8(11)12)5-10(6)2/h6-7,9H,3-5H2,1-2H3,(H,11,12)/t6-,7+/m1/s1. The smallest absolute Gasteiger partial charge is 0.304 e. The normalized spacial score (nSPS) is 31.8. The van der Waals surface area contributed by atoms with Crippen LogP contribution in [0.15, 0.2) is 0 Å². The van der Waals surface area contributed by atoms with Gasteiger partial charge in [0, 0.05) is 25.2 Å². The third-order valence-corrected chi connectivity index (χ3v) is 2.38. The number of aliphatic carboxylic acids is 1. The van der Waals surface area contributed by atoms with Crippen LogP contribution in [0, 0.1) is 0 Å². The average molecular weight is 172 g/mol. The van der Waals surface area contributed by atoms with Gasteiger partial charge in [0.25, 0.3) is 0 Å². The van der Waals surface area contributed by atoms with Gasteiger partial charge in [0.1, 0.15) is 0 Å². The summed E-state index contributed by atoms with van der Waals surface area (Å²) in [6.07, 6.45) is 0.219. The van der Waals surface area contributed by atoms with Crippen molar-refractivity contribution in [3.05, 3.63) is 0 Å². The number of rotatable bonds is 2. The Bertz CT molecular complexity index is 172. The zero-order valence-electron chi connectivity index (χ0n) is 7.58. The molecule has 0 aliphatic carbocycles. The van der Waals surface area contributed by atoms with Crippen molar-refractivity contribution < 1.29 is 9.90 Å². The van der Waals surface area contributed by atoms with E-state index in [2.05, 4.69) is 17.1 Å². The highest BCUT2D eigenvalue weighted by Crippen LogP contribution is 2.05. The summed E-state index contributed by atoms with van der Waals surface area (Å²) in [4.78, 5) is 12.6. The van der Waals surface area contributed by atoms with Crippen LogP contribution in [0.25, 0.3) is 0 Å². The third-order valence-electron chi connectivity index (χ3n) is 2.38. The number of carboxylic acids is 1. The van der Waals surface area contributed by atoms with E-state index < -0.39 is 5.97 Å². The first kappa shape index (κ1) is 9.48. The van der Waals surface area contributed by atoms with Gasteiger partial charge in [-0.3, -0.25) is 4.79 Å². The monoisotopic (exact) mass is 172 g/mol. The highest BCUT2D eigenvalue weighted by atomic mass is 16.4. The van der Waals surface area contributed by atoms with Gasteiger partial charge in [-0.1, -0.05) is 0 Å². The predicted octanol–water partition coefficient (Wildman–Crippen LogP) is -0.247. The first-order valence-corrected chi connectivity index (χ1v) is 4.25. The Kier molecular flexibility index (Phi) is 3.05. The van der Waals surface area contributed by atoms with E-state index in [1.165, 1.54) is 0 Å². The van der Waals surface area contributed by atoms with Gasteiger partial charge in [-0.15, -0.1) is 0 Å². The number of nitrogens with zero attached hydrogens (tertiary/aromatic N) is 1. The molecule has 2 atom stereocenters. The van der Waals surface area contributed by atoms with E-state index in [1.807, 2.05) is 7.05 Å². The maximum absolute atomic E-state index is 10.4. The van der Waals surface area contributed by atoms with Crippen molar-refractivity contribution in [3.63, 3.8) is 0 Å². The van der Waals surface area contributed by atoms with E-state index in [-0.39, 0.29) is 12.5 Å². The molecule has 1 rings (SSSR count). The van der Waals surface area contributed by atoms with Crippen molar-refractivity contribution in [3.8, 4) is 0 Å². The van der Waals surface area contributed by atoms with E-state index in [4.69, 9.17) is 5.11 Å². The van der Waals surface area contributed by atoms with E-state index in [9.17, 15) is 4.79 Å². The van der Waals surface area contributed by atoms with Gasteiger partial charge in [0.05, 0.1) is 6.42 Å². The lowest BCUT2D eigenvalue weighted by atomic mass is 10.1. The Morgan fingerprint density at radius 1 is 1.75 bits per heavy atom. The lowest BCUT2D eigenvalue weighted by Gasteiger charge is -2.35. The SMILES string of the molecule is C[C@@H]1CN[C@@H](CC(=O)O)CN1C. The fourth-order valence-corrected chi connectivity index (χ4v) is 1.43. The fourth-order valence-electron chi connectivity index (χ4n) is 1.43. The number of likely N-dealkylation sites (N-methyl/N-ethyl adjacent to an activating group) is 1. The average Bonchev–Trinajstić information content (AvgIpc) is 1.96. The molecule has 4 nitrogen and oxygen atoms in total. The fraction of sp³-hybridized carbons (Fsp3) is 0.875. The molecule has 0 bridgehead atoms. The van der Waals surface area contributed by atoms with E-state index in [0.717, 1.165) is 13.1 Å². The Morgan fingerprint density at radius 3 is 2.92 bits per heavy atom. The van der Waals surface area contributed by atoms with Crippen LogP contribution in [0.1, 0.15) is 13.3 Å². The Balaban J connectivity index is 2.35. The van der Waals surface area contributed by atoms with Gasteiger partial charge in [0.2, 0.25) is 0 Å². The van der Waals surface area contributed by atoms with E-state index >= 15 is 0 Å². The highest BCUT2D eigenvalue weighted by Gasteiger charge is 2.23. The van der Waals surface area contributed by atoms with Crippen molar-refractivity contribution in [1.29, 1.82) is 0 Å². The topological polar surface area (TPSA) is 52.6 Å². The zero-order chi connectivity index (χ0) is 9.14. The molecule has 1 heterocycles. The van der Waals surface area contributed by atoms with Crippen molar-refractivity contribution >= 4 is 5.97 Å². The lowest BCUT2D eigenvalue weighted by molar-refractivity contribution is -0.137. The van der Waals surface area contributed by atoms with Crippen LogP contribution in [-0.4, -0.2) is 48.2 Å².